The van der Waals surface area contributed by atoms with E-state index >= 15 is 0 Å². The molecule has 28 heavy (non-hydrogen) atoms. The van der Waals surface area contributed by atoms with Crippen LogP contribution in [0.3, 0.4) is 0 Å². The van der Waals surface area contributed by atoms with Gasteiger partial charge in [-0.3, -0.25) is 4.79 Å². The number of para-hydroxylation sites is 1. The van der Waals surface area contributed by atoms with Gasteiger partial charge in [0.15, 0.2) is 0 Å². The van der Waals surface area contributed by atoms with E-state index in [1.165, 1.54) is 37.7 Å². The molecule has 1 aliphatic rings. The van der Waals surface area contributed by atoms with Crippen LogP contribution < -0.4 is 15.5 Å². The van der Waals surface area contributed by atoms with Crippen molar-refractivity contribution in [1.82, 2.24) is 0 Å². The van der Waals surface area contributed by atoms with Crippen molar-refractivity contribution in [2.45, 2.75) is 44.7 Å². The maximum Gasteiger partial charge on any atom is 0.243 e. The Bertz CT molecular complexity index is 836. The Balaban J connectivity index is 1.56. The monoisotopic (exact) mass is 377 g/mol. The van der Waals surface area contributed by atoms with E-state index in [4.69, 9.17) is 5.26 Å². The molecule has 0 spiro atoms. The van der Waals surface area contributed by atoms with Crippen molar-refractivity contribution in [3.05, 3.63) is 59.7 Å². The van der Waals surface area contributed by atoms with Gasteiger partial charge in [0.05, 0.1) is 31.3 Å². The van der Waals surface area contributed by atoms with Crippen molar-refractivity contribution in [2.75, 3.05) is 24.2 Å². The van der Waals surface area contributed by atoms with Gasteiger partial charge in [-0.25, -0.2) is 0 Å². The summed E-state index contributed by atoms with van der Waals surface area (Å²) in [5.74, 6) is -0.127. The Kier molecular flexibility index (Phi) is 7.05. The molecule has 3 N–H and O–H groups in total. The molecule has 0 saturated heterocycles. The summed E-state index contributed by atoms with van der Waals surface area (Å²) in [7, 11) is 2.28. The topological polar surface area (TPSA) is 69.4 Å². The Morgan fingerprint density at radius 1 is 1.14 bits per heavy atom. The van der Waals surface area contributed by atoms with Gasteiger partial charge in [0.2, 0.25) is 5.91 Å². The second-order valence-corrected chi connectivity index (χ2v) is 7.61. The molecule has 0 radical (unpaired) electrons. The zero-order chi connectivity index (χ0) is 19.8. The molecule has 0 aliphatic heterocycles. The highest BCUT2D eigenvalue weighted by atomic mass is 16.1. The summed E-state index contributed by atoms with van der Waals surface area (Å²) in [4.78, 5) is 13.9. The molecule has 3 rings (SSSR count). The number of hydrogen-bond acceptors (Lipinski definition) is 3. The predicted octanol–water partition coefficient (Wildman–Crippen LogP) is 2.96. The Labute approximate surface area is 167 Å². The number of carbonyl (C=O) groups is 1. The highest BCUT2D eigenvalue weighted by molar-refractivity contribution is 5.94. The van der Waals surface area contributed by atoms with Crippen LogP contribution in [0.2, 0.25) is 0 Å². The van der Waals surface area contributed by atoms with E-state index in [-0.39, 0.29) is 12.5 Å². The number of benzene rings is 2. The van der Waals surface area contributed by atoms with E-state index in [0.29, 0.717) is 11.3 Å². The number of nitrogens with one attached hydrogen (secondary N) is 3. The van der Waals surface area contributed by atoms with Gasteiger partial charge in [-0.1, -0.05) is 30.7 Å². The van der Waals surface area contributed by atoms with Gasteiger partial charge in [0.25, 0.3) is 0 Å². The molecule has 1 fully saturated rings. The average Bonchev–Trinajstić information content (AvgIpc) is 2.74. The number of nitrogens with zero attached hydrogens (tertiary/aromatic N) is 1. The molecule has 1 saturated carbocycles. The van der Waals surface area contributed by atoms with Gasteiger partial charge >= 0.3 is 0 Å². The summed E-state index contributed by atoms with van der Waals surface area (Å²) in [5, 5.41) is 15.1. The van der Waals surface area contributed by atoms with E-state index in [0.717, 1.165) is 18.3 Å². The van der Waals surface area contributed by atoms with Crippen molar-refractivity contribution < 1.29 is 9.69 Å². The van der Waals surface area contributed by atoms with Gasteiger partial charge in [0.1, 0.15) is 6.54 Å². The maximum absolute atomic E-state index is 12.3. The Morgan fingerprint density at radius 3 is 2.71 bits per heavy atom. The Hall–Kier alpha value is -2.84. The first kappa shape index (κ1) is 19.9. The zero-order valence-electron chi connectivity index (χ0n) is 16.5. The zero-order valence-corrected chi connectivity index (χ0v) is 16.5. The molecular weight excluding hydrogens is 348 g/mol. The van der Waals surface area contributed by atoms with Crippen molar-refractivity contribution >= 4 is 17.3 Å². The number of anilines is 2. The van der Waals surface area contributed by atoms with E-state index in [9.17, 15) is 4.79 Å². The minimum atomic E-state index is -0.127. The van der Waals surface area contributed by atoms with E-state index in [1.54, 1.807) is 29.2 Å². The lowest BCUT2D eigenvalue weighted by Gasteiger charge is -2.28. The standard InChI is InChI=1S/C23H28N4O/c1-27(21-11-3-2-4-12-21)17-19-9-5-6-13-22(19)25-16-23(28)26-20-10-7-8-18(14-20)15-24/h5-10,13-14,21,25H,2-4,11-12,16-17H2,1H3,(H,26,28)/p+1. The van der Waals surface area contributed by atoms with Gasteiger partial charge in [0, 0.05) is 16.9 Å². The molecule has 0 heterocycles. The van der Waals surface area contributed by atoms with Crippen LogP contribution in [0.25, 0.3) is 0 Å². The fraction of sp³-hybridized carbons (Fsp3) is 0.391. The lowest BCUT2D eigenvalue weighted by Crippen LogP contribution is -3.11. The summed E-state index contributed by atoms with van der Waals surface area (Å²) in [5.41, 5.74) is 3.42. The SMILES string of the molecule is C[NH+](Cc1ccccc1NCC(=O)Nc1cccc(C#N)c1)C1CCCCC1. The number of quaternary nitrogens is 1. The van der Waals surface area contributed by atoms with Crippen molar-refractivity contribution in [3.8, 4) is 6.07 Å². The van der Waals surface area contributed by atoms with Gasteiger partial charge in [-0.05, 0) is 49.9 Å². The fourth-order valence-corrected chi connectivity index (χ4v) is 3.93. The number of nitriles is 1. The number of rotatable bonds is 7. The average molecular weight is 378 g/mol. The first-order chi connectivity index (χ1) is 13.7. The van der Waals surface area contributed by atoms with Crippen LogP contribution >= 0.6 is 0 Å². The highest BCUT2D eigenvalue weighted by Gasteiger charge is 2.22. The molecule has 1 unspecified atom stereocenters. The second kappa shape index (κ2) is 9.91. The summed E-state index contributed by atoms with van der Waals surface area (Å²) in [6, 6.07) is 18.0. The molecule has 2 aromatic rings. The largest absolute Gasteiger partial charge is 0.376 e. The first-order valence-electron chi connectivity index (χ1n) is 10.1. The lowest BCUT2D eigenvalue weighted by atomic mass is 9.94. The fourth-order valence-electron chi connectivity index (χ4n) is 3.93. The Morgan fingerprint density at radius 2 is 1.93 bits per heavy atom. The maximum atomic E-state index is 12.3. The third kappa shape index (κ3) is 5.58. The van der Waals surface area contributed by atoms with Crippen LogP contribution in [0, 0.1) is 11.3 Å². The van der Waals surface area contributed by atoms with Crippen LogP contribution in [0.5, 0.6) is 0 Å². The number of carbonyl (C=O) groups excluding carboxylic acids is 1. The predicted molar refractivity (Wildman–Crippen MR) is 112 cm³/mol. The van der Waals surface area contributed by atoms with Gasteiger partial charge in [-0.2, -0.15) is 5.26 Å². The molecule has 5 heteroatoms. The summed E-state index contributed by atoms with van der Waals surface area (Å²) < 4.78 is 0. The third-order valence-electron chi connectivity index (χ3n) is 5.50. The minimum absolute atomic E-state index is 0.127. The molecule has 2 aromatic carbocycles. The molecular formula is C23H29N4O+. The molecule has 5 nitrogen and oxygen atoms in total. The lowest BCUT2D eigenvalue weighted by molar-refractivity contribution is -0.921. The molecule has 146 valence electrons. The quantitative estimate of drug-likeness (QED) is 0.695. The van der Waals surface area contributed by atoms with Crippen LogP contribution in [0.15, 0.2) is 48.5 Å². The summed E-state index contributed by atoms with van der Waals surface area (Å²) >= 11 is 0. The summed E-state index contributed by atoms with van der Waals surface area (Å²) in [6.45, 7) is 1.15. The molecule has 0 bridgehead atoms. The molecule has 1 aliphatic carbocycles. The van der Waals surface area contributed by atoms with Crippen LogP contribution in [-0.2, 0) is 11.3 Å². The van der Waals surface area contributed by atoms with Crippen molar-refractivity contribution in [1.29, 1.82) is 5.26 Å². The summed E-state index contributed by atoms with van der Waals surface area (Å²) in [6.07, 6.45) is 6.68. The molecule has 1 atom stereocenters. The van der Waals surface area contributed by atoms with E-state index in [2.05, 4.69) is 35.9 Å². The minimum Gasteiger partial charge on any atom is -0.376 e. The highest BCUT2D eigenvalue weighted by Crippen LogP contribution is 2.17. The van der Waals surface area contributed by atoms with Crippen LogP contribution in [0.1, 0.15) is 43.2 Å². The van der Waals surface area contributed by atoms with Crippen LogP contribution in [0.4, 0.5) is 11.4 Å². The van der Waals surface area contributed by atoms with E-state index < -0.39 is 0 Å². The van der Waals surface area contributed by atoms with E-state index in [1.807, 2.05) is 12.1 Å². The second-order valence-electron chi connectivity index (χ2n) is 7.61. The van der Waals surface area contributed by atoms with Crippen molar-refractivity contribution in [3.63, 3.8) is 0 Å². The van der Waals surface area contributed by atoms with Gasteiger partial charge < -0.3 is 15.5 Å². The first-order valence-corrected chi connectivity index (χ1v) is 10.1. The van der Waals surface area contributed by atoms with Gasteiger partial charge in [-0.15, -0.1) is 0 Å². The van der Waals surface area contributed by atoms with Crippen LogP contribution in [-0.4, -0.2) is 25.5 Å². The normalized spacial score (nSPS) is 15.4. The molecule has 1 amide bonds. The number of amides is 1. The third-order valence-corrected chi connectivity index (χ3v) is 5.50. The smallest absolute Gasteiger partial charge is 0.243 e. The molecule has 0 aromatic heterocycles. The number of hydrogen-bond donors (Lipinski definition) is 3. The van der Waals surface area contributed by atoms with Crippen molar-refractivity contribution in [2.24, 2.45) is 0 Å².